The van der Waals surface area contributed by atoms with Crippen molar-refractivity contribution in [1.29, 1.82) is 0 Å². The Kier molecular flexibility index (Phi) is 7.86. The summed E-state index contributed by atoms with van der Waals surface area (Å²) in [6.45, 7) is 4.90. The highest BCUT2D eigenvalue weighted by atomic mass is 32.2. The van der Waals surface area contributed by atoms with Crippen molar-refractivity contribution in [1.82, 2.24) is 14.9 Å². The van der Waals surface area contributed by atoms with Crippen molar-refractivity contribution < 1.29 is 13.2 Å². The molecule has 0 amide bonds. The van der Waals surface area contributed by atoms with E-state index < -0.39 is 10.0 Å². The molecule has 0 saturated heterocycles. The average Bonchev–Trinajstić information content (AvgIpc) is 3.43. The number of sulfonamides is 1. The number of hydrogen-bond donors (Lipinski definition) is 2. The molecule has 26 heavy (non-hydrogen) atoms. The summed E-state index contributed by atoms with van der Waals surface area (Å²) in [5.41, 5.74) is 1.03. The zero-order valence-corrected chi connectivity index (χ0v) is 16.7. The largest absolute Gasteiger partial charge is 0.379 e. The van der Waals surface area contributed by atoms with Gasteiger partial charge < -0.3 is 15.0 Å². The normalized spacial score (nSPS) is 15.1. The highest BCUT2D eigenvalue weighted by Crippen LogP contribution is 2.28. The molecule has 0 bridgehead atoms. The fourth-order valence-electron chi connectivity index (χ4n) is 2.39. The van der Waals surface area contributed by atoms with E-state index >= 15 is 0 Å². The number of rotatable bonds is 10. The molecule has 7 nitrogen and oxygen atoms in total. The van der Waals surface area contributed by atoms with E-state index in [4.69, 9.17) is 4.74 Å². The highest BCUT2D eigenvalue weighted by Gasteiger charge is 2.21. The molecule has 1 fully saturated rings. The molecule has 2 rings (SSSR count). The fourth-order valence-corrected chi connectivity index (χ4v) is 3.42. The van der Waals surface area contributed by atoms with Crippen LogP contribution in [0.1, 0.15) is 18.4 Å². The van der Waals surface area contributed by atoms with Crippen LogP contribution in [-0.2, 0) is 14.8 Å². The maximum absolute atomic E-state index is 12.2. The summed E-state index contributed by atoms with van der Waals surface area (Å²) in [7, 11) is 0.160. The number of nitrogens with zero attached hydrogens (tertiary/aromatic N) is 2. The maximum Gasteiger partial charge on any atom is 0.240 e. The van der Waals surface area contributed by atoms with Crippen LogP contribution in [0.15, 0.2) is 34.2 Å². The van der Waals surface area contributed by atoms with Gasteiger partial charge in [-0.15, -0.1) is 0 Å². The van der Waals surface area contributed by atoms with Crippen molar-refractivity contribution in [3.8, 4) is 0 Å². The van der Waals surface area contributed by atoms with Gasteiger partial charge in [0.1, 0.15) is 0 Å². The molecule has 0 atom stereocenters. The molecule has 1 aliphatic rings. The molecule has 8 heteroatoms. The van der Waals surface area contributed by atoms with E-state index in [-0.39, 0.29) is 11.4 Å². The molecule has 1 aromatic rings. The van der Waals surface area contributed by atoms with Crippen LogP contribution in [-0.4, -0.2) is 66.2 Å². The van der Waals surface area contributed by atoms with Crippen LogP contribution in [0.5, 0.6) is 0 Å². The molecule has 2 N–H and O–H groups in total. The number of likely N-dealkylation sites (N-methyl/N-ethyl adjacent to an activating group) is 1. The summed E-state index contributed by atoms with van der Waals surface area (Å²) in [5.74, 6) is 1.48. The van der Waals surface area contributed by atoms with Crippen LogP contribution in [0.4, 0.5) is 0 Å². The Labute approximate surface area is 156 Å². The van der Waals surface area contributed by atoms with E-state index in [1.165, 1.54) is 12.8 Å². The molecule has 0 heterocycles. The third-order valence-electron chi connectivity index (χ3n) is 4.23. The van der Waals surface area contributed by atoms with Crippen LogP contribution < -0.4 is 10.0 Å². The predicted octanol–water partition coefficient (Wildman–Crippen LogP) is 1.21. The number of aryl methyl sites for hydroxylation is 1. The van der Waals surface area contributed by atoms with Crippen molar-refractivity contribution >= 4 is 16.0 Å². The third kappa shape index (κ3) is 6.93. The Morgan fingerprint density at radius 3 is 2.58 bits per heavy atom. The van der Waals surface area contributed by atoms with E-state index in [9.17, 15) is 8.42 Å². The molecule has 1 aromatic carbocycles. The lowest BCUT2D eigenvalue weighted by atomic mass is 10.2. The number of ether oxygens (including phenoxy) is 1. The summed E-state index contributed by atoms with van der Waals surface area (Å²) in [6.07, 6.45) is 2.58. The Balaban J connectivity index is 1.68. The number of benzene rings is 1. The summed E-state index contributed by atoms with van der Waals surface area (Å²) in [6, 6.07) is 6.79. The van der Waals surface area contributed by atoms with Gasteiger partial charge in [-0.1, -0.05) is 17.7 Å². The molecule has 1 saturated carbocycles. The van der Waals surface area contributed by atoms with Gasteiger partial charge in [0.15, 0.2) is 5.96 Å². The quantitative estimate of drug-likeness (QED) is 0.361. The number of aliphatic imine (C=N–C) groups is 1. The second kappa shape index (κ2) is 9.89. The Hall–Kier alpha value is -1.64. The second-order valence-corrected chi connectivity index (χ2v) is 8.39. The smallest absolute Gasteiger partial charge is 0.240 e. The van der Waals surface area contributed by atoms with E-state index in [1.807, 2.05) is 18.9 Å². The summed E-state index contributed by atoms with van der Waals surface area (Å²) >= 11 is 0. The molecule has 0 radical (unpaired) electrons. The first-order chi connectivity index (χ1) is 12.4. The SMILES string of the molecule is CN=C(NCCNS(=O)(=O)c1ccc(C)cc1)N(C)CCOCC1CC1. The van der Waals surface area contributed by atoms with Crippen molar-refractivity contribution in [2.45, 2.75) is 24.7 Å². The lowest BCUT2D eigenvalue weighted by molar-refractivity contribution is 0.115. The van der Waals surface area contributed by atoms with Gasteiger partial charge >= 0.3 is 0 Å². The van der Waals surface area contributed by atoms with Crippen LogP contribution in [0.25, 0.3) is 0 Å². The van der Waals surface area contributed by atoms with E-state index in [1.54, 1.807) is 31.3 Å². The van der Waals surface area contributed by atoms with Crippen molar-refractivity contribution in [3.05, 3.63) is 29.8 Å². The Bertz CT molecular complexity index is 685. The molecule has 0 unspecified atom stereocenters. The van der Waals surface area contributed by atoms with Gasteiger partial charge in [0.05, 0.1) is 11.5 Å². The first-order valence-corrected chi connectivity index (χ1v) is 10.5. The van der Waals surface area contributed by atoms with Crippen LogP contribution in [0.2, 0.25) is 0 Å². The van der Waals surface area contributed by atoms with Crippen molar-refractivity contribution in [2.24, 2.45) is 10.9 Å². The monoisotopic (exact) mass is 382 g/mol. The minimum atomic E-state index is -3.49. The highest BCUT2D eigenvalue weighted by molar-refractivity contribution is 7.89. The van der Waals surface area contributed by atoms with Crippen molar-refractivity contribution in [3.63, 3.8) is 0 Å². The third-order valence-corrected chi connectivity index (χ3v) is 5.70. The molecule has 1 aliphatic carbocycles. The maximum atomic E-state index is 12.2. The minimum absolute atomic E-state index is 0.275. The first kappa shape index (κ1) is 20.7. The zero-order valence-electron chi connectivity index (χ0n) is 15.9. The van der Waals surface area contributed by atoms with Gasteiger partial charge in [-0.05, 0) is 37.8 Å². The topological polar surface area (TPSA) is 83.0 Å². The van der Waals surface area contributed by atoms with E-state index in [0.29, 0.717) is 13.2 Å². The molecular formula is C18H30N4O3S. The Morgan fingerprint density at radius 1 is 1.27 bits per heavy atom. The minimum Gasteiger partial charge on any atom is -0.379 e. The number of nitrogens with one attached hydrogen (secondary N) is 2. The average molecular weight is 383 g/mol. The standard InChI is InChI=1S/C18H30N4O3S/c1-15-4-8-17(9-5-15)26(23,24)21-11-10-20-18(19-2)22(3)12-13-25-14-16-6-7-16/h4-5,8-9,16,21H,6-7,10-14H2,1-3H3,(H,19,20). The lowest BCUT2D eigenvalue weighted by Gasteiger charge is -2.22. The van der Waals surface area contributed by atoms with Gasteiger partial charge in [-0.3, -0.25) is 4.99 Å². The molecule has 0 spiro atoms. The second-order valence-electron chi connectivity index (χ2n) is 6.62. The number of guanidine groups is 1. The summed E-state index contributed by atoms with van der Waals surface area (Å²) in [4.78, 5) is 6.46. The molecule has 0 aliphatic heterocycles. The molecular weight excluding hydrogens is 352 g/mol. The molecule has 146 valence electrons. The lowest BCUT2D eigenvalue weighted by Crippen LogP contribution is -2.43. The van der Waals surface area contributed by atoms with Crippen molar-refractivity contribution in [2.75, 3.05) is 46.9 Å². The van der Waals surface area contributed by atoms with E-state index in [0.717, 1.165) is 30.6 Å². The summed E-state index contributed by atoms with van der Waals surface area (Å²) in [5, 5.41) is 3.16. The van der Waals surface area contributed by atoms with Crippen LogP contribution in [0, 0.1) is 12.8 Å². The van der Waals surface area contributed by atoms with Gasteiger partial charge in [-0.2, -0.15) is 0 Å². The van der Waals surface area contributed by atoms with Crippen LogP contribution >= 0.6 is 0 Å². The van der Waals surface area contributed by atoms with Gasteiger partial charge in [0.2, 0.25) is 10.0 Å². The van der Waals surface area contributed by atoms with E-state index in [2.05, 4.69) is 15.0 Å². The van der Waals surface area contributed by atoms with Gasteiger partial charge in [0, 0.05) is 40.3 Å². The number of hydrogen-bond acceptors (Lipinski definition) is 4. The van der Waals surface area contributed by atoms with Gasteiger partial charge in [0.25, 0.3) is 0 Å². The fraction of sp³-hybridized carbons (Fsp3) is 0.611. The van der Waals surface area contributed by atoms with Crippen LogP contribution in [0.3, 0.4) is 0 Å². The summed E-state index contributed by atoms with van der Waals surface area (Å²) < 4.78 is 32.7. The first-order valence-electron chi connectivity index (χ1n) is 8.98. The Morgan fingerprint density at radius 2 is 1.96 bits per heavy atom. The molecule has 0 aromatic heterocycles. The zero-order chi connectivity index (χ0) is 19.0. The van der Waals surface area contributed by atoms with Gasteiger partial charge in [-0.25, -0.2) is 13.1 Å². The predicted molar refractivity (Wildman–Crippen MR) is 104 cm³/mol.